The first-order chi connectivity index (χ1) is 8.71. The fourth-order valence-electron chi connectivity index (χ4n) is 1.76. The number of aromatic nitrogens is 2. The van der Waals surface area contributed by atoms with E-state index in [9.17, 15) is 0 Å². The molecule has 0 bridgehead atoms. The molecule has 1 aromatic rings. The smallest absolute Gasteiger partial charge is 0.226 e. The highest BCUT2D eigenvalue weighted by atomic mass is 15.2. The van der Waals surface area contributed by atoms with Crippen molar-refractivity contribution in [1.82, 2.24) is 9.97 Å². The Bertz CT molecular complexity index is 401. The standard InChI is InChI=1S/C14H22N4/c1-4-6-8-18(9-7-5-2)14-16-12(3)10-13(11-15)17-14/h10H,4-9H2,1-3H3. The Morgan fingerprint density at radius 3 is 2.28 bits per heavy atom. The van der Waals surface area contributed by atoms with Gasteiger partial charge in [0.05, 0.1) is 0 Å². The van der Waals surface area contributed by atoms with Crippen molar-refractivity contribution >= 4 is 5.95 Å². The fourth-order valence-corrected chi connectivity index (χ4v) is 1.76. The van der Waals surface area contributed by atoms with E-state index in [1.165, 1.54) is 0 Å². The van der Waals surface area contributed by atoms with Crippen molar-refractivity contribution in [1.29, 1.82) is 5.26 Å². The summed E-state index contributed by atoms with van der Waals surface area (Å²) in [5.74, 6) is 0.702. The molecule has 0 N–H and O–H groups in total. The van der Waals surface area contributed by atoms with Crippen LogP contribution in [-0.2, 0) is 0 Å². The van der Waals surface area contributed by atoms with E-state index in [0.29, 0.717) is 11.6 Å². The van der Waals surface area contributed by atoms with Crippen molar-refractivity contribution in [3.63, 3.8) is 0 Å². The van der Waals surface area contributed by atoms with Crippen LogP contribution < -0.4 is 4.90 Å². The number of hydrogen-bond acceptors (Lipinski definition) is 4. The number of nitriles is 1. The Balaban J connectivity index is 2.89. The Hall–Kier alpha value is -1.63. The average Bonchev–Trinajstić information content (AvgIpc) is 2.38. The molecule has 18 heavy (non-hydrogen) atoms. The van der Waals surface area contributed by atoms with E-state index in [1.807, 2.05) is 6.92 Å². The molecule has 0 aliphatic heterocycles. The summed E-state index contributed by atoms with van der Waals surface area (Å²) in [4.78, 5) is 11.0. The zero-order chi connectivity index (χ0) is 13.4. The topological polar surface area (TPSA) is 52.8 Å². The summed E-state index contributed by atoms with van der Waals surface area (Å²) in [5.41, 5.74) is 1.31. The van der Waals surface area contributed by atoms with Gasteiger partial charge in [0.2, 0.25) is 5.95 Å². The molecule has 0 aliphatic carbocycles. The van der Waals surface area contributed by atoms with E-state index in [-0.39, 0.29) is 0 Å². The summed E-state index contributed by atoms with van der Waals surface area (Å²) in [6.45, 7) is 8.19. The van der Waals surface area contributed by atoms with Crippen molar-refractivity contribution < 1.29 is 0 Å². The molecule has 0 atom stereocenters. The van der Waals surface area contributed by atoms with E-state index < -0.39 is 0 Å². The van der Waals surface area contributed by atoms with E-state index in [4.69, 9.17) is 5.26 Å². The van der Waals surface area contributed by atoms with Gasteiger partial charge in [0.1, 0.15) is 11.8 Å². The van der Waals surface area contributed by atoms with Gasteiger partial charge in [-0.05, 0) is 25.8 Å². The number of nitrogens with zero attached hydrogens (tertiary/aromatic N) is 4. The summed E-state index contributed by atoms with van der Waals surface area (Å²) >= 11 is 0. The lowest BCUT2D eigenvalue weighted by atomic mass is 10.2. The minimum absolute atomic E-state index is 0.454. The largest absolute Gasteiger partial charge is 0.341 e. The molecule has 0 fully saturated rings. The molecule has 0 aliphatic rings. The van der Waals surface area contributed by atoms with Gasteiger partial charge in [0.25, 0.3) is 0 Å². The fraction of sp³-hybridized carbons (Fsp3) is 0.643. The molecule has 1 aromatic heterocycles. The molecular formula is C14H22N4. The normalized spacial score (nSPS) is 10.1. The second kappa shape index (κ2) is 7.65. The Morgan fingerprint density at radius 2 is 1.78 bits per heavy atom. The van der Waals surface area contributed by atoms with Gasteiger partial charge < -0.3 is 4.90 Å². The molecule has 98 valence electrons. The van der Waals surface area contributed by atoms with E-state index in [2.05, 4.69) is 34.8 Å². The second-order valence-corrected chi connectivity index (χ2v) is 4.50. The van der Waals surface area contributed by atoms with Gasteiger partial charge >= 0.3 is 0 Å². The Kier molecular flexibility index (Phi) is 6.13. The third-order valence-electron chi connectivity index (χ3n) is 2.80. The molecule has 0 saturated carbocycles. The van der Waals surface area contributed by atoms with Crippen molar-refractivity contribution in [2.45, 2.75) is 46.5 Å². The number of rotatable bonds is 7. The van der Waals surface area contributed by atoms with Crippen LogP contribution in [0.25, 0.3) is 0 Å². The third-order valence-corrected chi connectivity index (χ3v) is 2.80. The lowest BCUT2D eigenvalue weighted by Crippen LogP contribution is -2.28. The zero-order valence-electron chi connectivity index (χ0n) is 11.6. The van der Waals surface area contributed by atoms with Gasteiger partial charge in [-0.2, -0.15) is 5.26 Å². The first kappa shape index (κ1) is 14.4. The van der Waals surface area contributed by atoms with E-state index in [1.54, 1.807) is 6.07 Å². The van der Waals surface area contributed by atoms with Crippen LogP contribution in [0.1, 0.15) is 50.9 Å². The molecule has 0 radical (unpaired) electrons. The Labute approximate surface area is 110 Å². The van der Waals surface area contributed by atoms with Crippen molar-refractivity contribution in [3.05, 3.63) is 17.5 Å². The molecule has 0 amide bonds. The lowest BCUT2D eigenvalue weighted by molar-refractivity contribution is 0.661. The molecule has 0 saturated heterocycles. The van der Waals surface area contributed by atoms with Crippen LogP contribution in [0.15, 0.2) is 6.07 Å². The SMILES string of the molecule is CCCCN(CCCC)c1nc(C)cc(C#N)n1. The molecule has 0 aromatic carbocycles. The quantitative estimate of drug-likeness (QED) is 0.742. The number of aryl methyl sites for hydroxylation is 1. The number of anilines is 1. The predicted molar refractivity (Wildman–Crippen MR) is 73.5 cm³/mol. The van der Waals surface area contributed by atoms with Gasteiger partial charge in [-0.1, -0.05) is 26.7 Å². The molecular weight excluding hydrogens is 224 g/mol. The number of unbranched alkanes of at least 4 members (excludes halogenated alkanes) is 2. The highest BCUT2D eigenvalue weighted by molar-refractivity contribution is 5.35. The van der Waals surface area contributed by atoms with Crippen molar-refractivity contribution in [2.75, 3.05) is 18.0 Å². The summed E-state index contributed by atoms with van der Waals surface area (Å²) in [5, 5.41) is 8.96. The molecule has 1 heterocycles. The predicted octanol–water partition coefficient (Wildman–Crippen LogP) is 3.06. The Morgan fingerprint density at radius 1 is 1.17 bits per heavy atom. The van der Waals surface area contributed by atoms with Crippen LogP contribution in [0.2, 0.25) is 0 Å². The molecule has 4 nitrogen and oxygen atoms in total. The summed E-state index contributed by atoms with van der Waals surface area (Å²) in [7, 11) is 0. The first-order valence-electron chi connectivity index (χ1n) is 6.72. The second-order valence-electron chi connectivity index (χ2n) is 4.50. The van der Waals surface area contributed by atoms with Gasteiger partial charge in [0, 0.05) is 18.8 Å². The summed E-state index contributed by atoms with van der Waals surface area (Å²) in [6, 6.07) is 3.82. The number of hydrogen-bond donors (Lipinski definition) is 0. The first-order valence-corrected chi connectivity index (χ1v) is 6.72. The maximum Gasteiger partial charge on any atom is 0.226 e. The maximum atomic E-state index is 8.96. The van der Waals surface area contributed by atoms with Crippen LogP contribution >= 0.6 is 0 Å². The van der Waals surface area contributed by atoms with Gasteiger partial charge in [-0.25, -0.2) is 9.97 Å². The minimum Gasteiger partial charge on any atom is -0.341 e. The van der Waals surface area contributed by atoms with E-state index >= 15 is 0 Å². The highest BCUT2D eigenvalue weighted by Gasteiger charge is 2.10. The molecule has 4 heteroatoms. The molecule has 0 spiro atoms. The summed E-state index contributed by atoms with van der Waals surface area (Å²) in [6.07, 6.45) is 4.56. The highest BCUT2D eigenvalue weighted by Crippen LogP contribution is 2.12. The van der Waals surface area contributed by atoms with Crippen LogP contribution in [0.3, 0.4) is 0 Å². The van der Waals surface area contributed by atoms with Crippen LogP contribution in [0.5, 0.6) is 0 Å². The van der Waals surface area contributed by atoms with Crippen LogP contribution in [0.4, 0.5) is 5.95 Å². The van der Waals surface area contributed by atoms with Crippen LogP contribution in [0, 0.1) is 18.3 Å². The summed E-state index contributed by atoms with van der Waals surface area (Å²) < 4.78 is 0. The van der Waals surface area contributed by atoms with E-state index in [0.717, 1.165) is 44.5 Å². The average molecular weight is 246 g/mol. The van der Waals surface area contributed by atoms with Crippen molar-refractivity contribution in [2.24, 2.45) is 0 Å². The maximum absolute atomic E-state index is 8.96. The third kappa shape index (κ3) is 4.33. The van der Waals surface area contributed by atoms with Gasteiger partial charge in [-0.3, -0.25) is 0 Å². The minimum atomic E-state index is 0.454. The van der Waals surface area contributed by atoms with Crippen LogP contribution in [-0.4, -0.2) is 23.1 Å². The monoisotopic (exact) mass is 246 g/mol. The zero-order valence-corrected chi connectivity index (χ0v) is 11.6. The van der Waals surface area contributed by atoms with Gasteiger partial charge in [0.15, 0.2) is 0 Å². The lowest BCUT2D eigenvalue weighted by Gasteiger charge is -2.22. The van der Waals surface area contributed by atoms with Crippen molar-refractivity contribution in [3.8, 4) is 6.07 Å². The molecule has 1 rings (SSSR count). The molecule has 0 unspecified atom stereocenters. The van der Waals surface area contributed by atoms with Gasteiger partial charge in [-0.15, -0.1) is 0 Å².